The van der Waals surface area contributed by atoms with E-state index in [4.69, 9.17) is 10.3 Å². The normalized spacial score (nSPS) is 9.56. The van der Waals surface area contributed by atoms with Crippen molar-refractivity contribution < 1.29 is 4.52 Å². The minimum atomic E-state index is 0.600. The van der Waals surface area contributed by atoms with Gasteiger partial charge in [0.25, 0.3) is 0 Å². The van der Waals surface area contributed by atoms with Crippen LogP contribution in [0, 0.1) is 11.8 Å². The Bertz CT molecular complexity index is 489. The van der Waals surface area contributed by atoms with E-state index in [0.717, 1.165) is 23.3 Å². The number of benzene rings is 1. The molecule has 2 rings (SSSR count). The minimum absolute atomic E-state index is 0.600. The van der Waals surface area contributed by atoms with Crippen molar-refractivity contribution in [3.8, 4) is 23.2 Å². The molecule has 0 spiro atoms. The van der Waals surface area contributed by atoms with Gasteiger partial charge in [-0.05, 0) is 24.3 Å². The number of aromatic nitrogens is 1. The van der Waals surface area contributed by atoms with Crippen molar-refractivity contribution in [2.75, 3.05) is 6.54 Å². The second kappa shape index (κ2) is 5.15. The molecule has 0 radical (unpaired) electrons. The molecule has 0 amide bonds. The van der Waals surface area contributed by atoms with E-state index in [1.807, 2.05) is 30.3 Å². The van der Waals surface area contributed by atoms with E-state index in [9.17, 15) is 0 Å². The van der Waals surface area contributed by atoms with E-state index >= 15 is 0 Å². The fourth-order valence-corrected chi connectivity index (χ4v) is 1.32. The summed E-state index contributed by atoms with van der Waals surface area (Å²) in [7, 11) is 0. The molecule has 0 unspecified atom stereocenters. The molecule has 3 heteroatoms. The first-order valence-corrected chi connectivity index (χ1v) is 5.10. The predicted molar refractivity (Wildman–Crippen MR) is 62.5 cm³/mol. The van der Waals surface area contributed by atoms with Crippen LogP contribution in [0.5, 0.6) is 0 Å². The standard InChI is InChI=1S/C13H12N2O/c14-9-2-1-3-11-4-6-12(7-5-11)13-8-10-15-16-13/h4-8,10H,2,9,14H2. The van der Waals surface area contributed by atoms with Crippen LogP contribution in [0.1, 0.15) is 12.0 Å². The van der Waals surface area contributed by atoms with Gasteiger partial charge in [-0.15, -0.1) is 0 Å². The SMILES string of the molecule is NCCC#Cc1ccc(-c2ccno2)cc1. The average Bonchev–Trinajstić information content (AvgIpc) is 2.84. The van der Waals surface area contributed by atoms with Crippen LogP contribution < -0.4 is 5.73 Å². The molecule has 2 aromatic rings. The molecule has 0 aliphatic heterocycles. The molecule has 16 heavy (non-hydrogen) atoms. The van der Waals surface area contributed by atoms with Gasteiger partial charge >= 0.3 is 0 Å². The molecule has 0 saturated heterocycles. The van der Waals surface area contributed by atoms with Crippen molar-refractivity contribution in [1.29, 1.82) is 0 Å². The molecule has 1 heterocycles. The van der Waals surface area contributed by atoms with Crippen LogP contribution in [0.2, 0.25) is 0 Å². The number of hydrogen-bond donors (Lipinski definition) is 1. The van der Waals surface area contributed by atoms with Crippen LogP contribution >= 0.6 is 0 Å². The first-order chi connectivity index (χ1) is 7.90. The highest BCUT2D eigenvalue weighted by Gasteiger charge is 1.99. The lowest BCUT2D eigenvalue weighted by atomic mass is 10.1. The minimum Gasteiger partial charge on any atom is -0.356 e. The summed E-state index contributed by atoms with van der Waals surface area (Å²) in [5.41, 5.74) is 7.34. The molecule has 80 valence electrons. The Hall–Kier alpha value is -2.05. The van der Waals surface area contributed by atoms with Gasteiger partial charge in [0.05, 0.1) is 6.20 Å². The lowest BCUT2D eigenvalue weighted by Gasteiger charge is -1.95. The van der Waals surface area contributed by atoms with Gasteiger partial charge in [0.15, 0.2) is 5.76 Å². The molecule has 1 aromatic heterocycles. The summed E-state index contributed by atoms with van der Waals surface area (Å²) in [6.45, 7) is 0.600. The average molecular weight is 212 g/mol. The van der Waals surface area contributed by atoms with Crippen LogP contribution in [0.4, 0.5) is 0 Å². The van der Waals surface area contributed by atoms with Crippen LogP contribution in [0.25, 0.3) is 11.3 Å². The topological polar surface area (TPSA) is 52.0 Å². The summed E-state index contributed by atoms with van der Waals surface area (Å²) in [5, 5.41) is 3.66. The molecule has 0 aliphatic rings. The Kier molecular flexibility index (Phi) is 3.37. The maximum absolute atomic E-state index is 5.36. The van der Waals surface area contributed by atoms with Crippen molar-refractivity contribution in [2.24, 2.45) is 5.73 Å². The number of nitrogens with zero attached hydrogens (tertiary/aromatic N) is 1. The van der Waals surface area contributed by atoms with Crippen molar-refractivity contribution in [3.63, 3.8) is 0 Å². The number of hydrogen-bond acceptors (Lipinski definition) is 3. The third-order valence-corrected chi connectivity index (χ3v) is 2.11. The maximum atomic E-state index is 5.36. The molecule has 3 nitrogen and oxygen atoms in total. The van der Waals surface area contributed by atoms with Gasteiger partial charge in [0, 0.05) is 30.2 Å². The van der Waals surface area contributed by atoms with E-state index in [1.165, 1.54) is 0 Å². The Morgan fingerprint density at radius 3 is 2.62 bits per heavy atom. The quantitative estimate of drug-likeness (QED) is 0.775. The van der Waals surface area contributed by atoms with Gasteiger partial charge in [-0.25, -0.2) is 0 Å². The van der Waals surface area contributed by atoms with Crippen LogP contribution in [-0.2, 0) is 0 Å². The maximum Gasteiger partial charge on any atom is 0.166 e. The van der Waals surface area contributed by atoms with E-state index in [0.29, 0.717) is 6.54 Å². The summed E-state index contributed by atoms with van der Waals surface area (Å²) in [6.07, 6.45) is 2.36. The molecule has 2 N–H and O–H groups in total. The van der Waals surface area contributed by atoms with Gasteiger partial charge in [-0.2, -0.15) is 0 Å². The van der Waals surface area contributed by atoms with E-state index in [2.05, 4.69) is 17.0 Å². The lowest BCUT2D eigenvalue weighted by molar-refractivity contribution is 0.432. The second-order valence-electron chi connectivity index (χ2n) is 3.29. The summed E-state index contributed by atoms with van der Waals surface area (Å²) < 4.78 is 5.06. The Balaban J connectivity index is 2.15. The smallest absolute Gasteiger partial charge is 0.166 e. The monoisotopic (exact) mass is 212 g/mol. The Morgan fingerprint density at radius 1 is 1.19 bits per heavy atom. The van der Waals surface area contributed by atoms with Crippen LogP contribution in [0.3, 0.4) is 0 Å². The lowest BCUT2D eigenvalue weighted by Crippen LogP contribution is -1.95. The molecule has 0 atom stereocenters. The molecule has 0 bridgehead atoms. The predicted octanol–water partition coefficient (Wildman–Crippen LogP) is 2.04. The van der Waals surface area contributed by atoms with Gasteiger partial charge in [0.2, 0.25) is 0 Å². The summed E-state index contributed by atoms with van der Waals surface area (Å²) in [4.78, 5) is 0. The Morgan fingerprint density at radius 2 is 2.00 bits per heavy atom. The summed E-state index contributed by atoms with van der Waals surface area (Å²) in [6, 6.07) is 9.68. The van der Waals surface area contributed by atoms with Gasteiger partial charge in [-0.1, -0.05) is 17.0 Å². The van der Waals surface area contributed by atoms with Crippen molar-refractivity contribution in [3.05, 3.63) is 42.1 Å². The first kappa shape index (κ1) is 10.5. The summed E-state index contributed by atoms with van der Waals surface area (Å²) in [5.74, 6) is 6.80. The van der Waals surface area contributed by atoms with E-state index < -0.39 is 0 Å². The first-order valence-electron chi connectivity index (χ1n) is 5.10. The zero-order valence-corrected chi connectivity index (χ0v) is 8.81. The fourth-order valence-electron chi connectivity index (χ4n) is 1.32. The molecule has 0 aliphatic carbocycles. The largest absolute Gasteiger partial charge is 0.356 e. The van der Waals surface area contributed by atoms with Gasteiger partial charge < -0.3 is 10.3 Å². The molecule has 0 fully saturated rings. The molecule has 1 aromatic carbocycles. The summed E-state index contributed by atoms with van der Waals surface area (Å²) >= 11 is 0. The second-order valence-corrected chi connectivity index (χ2v) is 3.29. The third kappa shape index (κ3) is 2.50. The van der Waals surface area contributed by atoms with Gasteiger partial charge in [-0.3, -0.25) is 0 Å². The van der Waals surface area contributed by atoms with Crippen molar-refractivity contribution in [2.45, 2.75) is 6.42 Å². The third-order valence-electron chi connectivity index (χ3n) is 2.11. The molecular formula is C13H12N2O. The molecule has 0 saturated carbocycles. The number of nitrogens with two attached hydrogens (primary N) is 1. The van der Waals surface area contributed by atoms with Crippen molar-refractivity contribution >= 4 is 0 Å². The number of rotatable bonds is 2. The fraction of sp³-hybridized carbons (Fsp3) is 0.154. The zero-order chi connectivity index (χ0) is 11.2. The molecular weight excluding hydrogens is 200 g/mol. The van der Waals surface area contributed by atoms with Crippen molar-refractivity contribution in [1.82, 2.24) is 5.16 Å². The van der Waals surface area contributed by atoms with E-state index in [1.54, 1.807) is 6.20 Å². The van der Waals surface area contributed by atoms with Gasteiger partial charge in [0.1, 0.15) is 0 Å². The highest BCUT2D eigenvalue weighted by Crippen LogP contribution is 2.18. The highest BCUT2D eigenvalue weighted by molar-refractivity contribution is 5.58. The van der Waals surface area contributed by atoms with Crippen LogP contribution in [-0.4, -0.2) is 11.7 Å². The van der Waals surface area contributed by atoms with Crippen LogP contribution in [0.15, 0.2) is 41.1 Å². The van der Waals surface area contributed by atoms with E-state index in [-0.39, 0.29) is 0 Å². The Labute approximate surface area is 94.3 Å². The zero-order valence-electron chi connectivity index (χ0n) is 8.81. The highest BCUT2D eigenvalue weighted by atomic mass is 16.5.